The van der Waals surface area contributed by atoms with Crippen LogP contribution in [0.4, 0.5) is 0 Å². The van der Waals surface area contributed by atoms with Gasteiger partial charge in [-0.05, 0) is 64.9 Å². The van der Waals surface area contributed by atoms with Gasteiger partial charge in [-0.15, -0.1) is 0 Å². The molecule has 0 radical (unpaired) electrons. The second kappa shape index (κ2) is 7.60. The zero-order chi connectivity index (χ0) is 20.5. The zero-order valence-electron chi connectivity index (χ0n) is 16.8. The molecule has 146 valence electrons. The lowest BCUT2D eigenvalue weighted by atomic mass is 9.94. The molecule has 5 rings (SSSR count). The molecule has 3 aromatic carbocycles. The number of aromatic nitrogens is 1. The van der Waals surface area contributed by atoms with Gasteiger partial charge in [0.25, 0.3) is 0 Å². The Morgan fingerprint density at radius 1 is 0.900 bits per heavy atom. The van der Waals surface area contributed by atoms with Gasteiger partial charge in [0.2, 0.25) is 0 Å². The minimum Gasteiger partial charge on any atom is -0.427 e. The molecular formula is C27H21NO2. The Bertz CT molecular complexity index is 1270. The molecule has 1 aliphatic carbocycles. The Kier molecular flexibility index (Phi) is 4.64. The van der Waals surface area contributed by atoms with E-state index in [1.165, 1.54) is 34.6 Å². The smallest absolute Gasteiger partial charge is 0.308 e. The maximum Gasteiger partial charge on any atom is 0.308 e. The molecule has 0 spiro atoms. The third-order valence-corrected chi connectivity index (χ3v) is 5.49. The summed E-state index contributed by atoms with van der Waals surface area (Å²) < 4.78 is 5.14. The van der Waals surface area contributed by atoms with Crippen molar-refractivity contribution in [3.8, 4) is 16.9 Å². The summed E-state index contributed by atoms with van der Waals surface area (Å²) in [6.07, 6.45) is 4.14. The molecule has 1 aromatic heterocycles. The van der Waals surface area contributed by atoms with Gasteiger partial charge < -0.3 is 4.74 Å². The van der Waals surface area contributed by atoms with Gasteiger partial charge in [-0.3, -0.25) is 4.79 Å². The maximum absolute atomic E-state index is 11.1. The molecule has 0 saturated carbocycles. The third-order valence-electron chi connectivity index (χ3n) is 5.49. The number of para-hydroxylation sites is 1. The highest BCUT2D eigenvalue weighted by atomic mass is 16.5. The summed E-state index contributed by atoms with van der Waals surface area (Å²) in [6, 6.07) is 26.6. The fourth-order valence-electron chi connectivity index (χ4n) is 4.21. The molecule has 0 aliphatic heterocycles. The summed E-state index contributed by atoms with van der Waals surface area (Å²) in [5.41, 5.74) is 8.29. The number of benzene rings is 3. The predicted molar refractivity (Wildman–Crippen MR) is 121 cm³/mol. The van der Waals surface area contributed by atoms with E-state index in [1.54, 1.807) is 0 Å². The lowest BCUT2D eigenvalue weighted by Gasteiger charge is -2.13. The van der Waals surface area contributed by atoms with E-state index in [2.05, 4.69) is 54.6 Å². The normalized spacial score (nSPS) is 14.1. The molecule has 1 aliphatic rings. The van der Waals surface area contributed by atoms with E-state index in [0.717, 1.165) is 29.6 Å². The van der Waals surface area contributed by atoms with Crippen LogP contribution in [0.3, 0.4) is 0 Å². The predicted octanol–water partition coefficient (Wildman–Crippen LogP) is 6.31. The number of carbonyl (C=O) groups excluding carboxylic acids is 1. The summed E-state index contributed by atoms with van der Waals surface area (Å²) in [7, 11) is 0. The number of carbonyl (C=O) groups is 1. The van der Waals surface area contributed by atoms with Gasteiger partial charge in [-0.25, -0.2) is 4.98 Å². The number of hydrogen-bond donors (Lipinski definition) is 0. The average molecular weight is 391 g/mol. The van der Waals surface area contributed by atoms with Crippen LogP contribution in [0, 0.1) is 0 Å². The SMILES string of the molecule is CC(=O)Oc1ccc(C=C2CCc3c2nc2ccccc2c3-c2ccccc2)cc1. The molecule has 0 atom stereocenters. The van der Waals surface area contributed by atoms with E-state index < -0.39 is 0 Å². The van der Waals surface area contributed by atoms with Gasteiger partial charge in [-0.2, -0.15) is 0 Å². The first-order chi connectivity index (χ1) is 14.7. The average Bonchev–Trinajstić information content (AvgIpc) is 3.15. The number of rotatable bonds is 3. The minimum atomic E-state index is -0.310. The molecule has 0 amide bonds. The fourth-order valence-corrected chi connectivity index (χ4v) is 4.21. The highest BCUT2D eigenvalue weighted by Crippen LogP contribution is 2.42. The van der Waals surface area contributed by atoms with Crippen molar-refractivity contribution in [3.05, 3.63) is 95.7 Å². The Morgan fingerprint density at radius 3 is 2.40 bits per heavy atom. The molecule has 0 N–H and O–H groups in total. The fraction of sp³-hybridized carbons (Fsp3) is 0.111. The van der Waals surface area contributed by atoms with Crippen molar-refractivity contribution in [2.45, 2.75) is 19.8 Å². The Morgan fingerprint density at radius 2 is 1.63 bits per heavy atom. The molecule has 0 fully saturated rings. The molecular weight excluding hydrogens is 370 g/mol. The summed E-state index contributed by atoms with van der Waals surface area (Å²) in [6.45, 7) is 1.41. The van der Waals surface area contributed by atoms with E-state index in [-0.39, 0.29) is 5.97 Å². The van der Waals surface area contributed by atoms with Crippen LogP contribution in [-0.4, -0.2) is 11.0 Å². The van der Waals surface area contributed by atoms with Crippen LogP contribution in [0.1, 0.15) is 30.2 Å². The van der Waals surface area contributed by atoms with Crippen molar-refractivity contribution in [1.82, 2.24) is 4.98 Å². The lowest BCUT2D eigenvalue weighted by Crippen LogP contribution is -2.00. The van der Waals surface area contributed by atoms with Crippen LogP contribution < -0.4 is 4.74 Å². The highest BCUT2D eigenvalue weighted by molar-refractivity contribution is 6.00. The summed E-state index contributed by atoms with van der Waals surface area (Å²) >= 11 is 0. The van der Waals surface area contributed by atoms with Gasteiger partial charge in [0.05, 0.1) is 11.2 Å². The molecule has 1 heterocycles. The first-order valence-electron chi connectivity index (χ1n) is 10.2. The Hall–Kier alpha value is -3.72. The van der Waals surface area contributed by atoms with Crippen LogP contribution in [0.15, 0.2) is 78.9 Å². The topological polar surface area (TPSA) is 39.2 Å². The largest absolute Gasteiger partial charge is 0.427 e. The monoisotopic (exact) mass is 391 g/mol. The number of hydrogen-bond acceptors (Lipinski definition) is 3. The Balaban J connectivity index is 1.62. The summed E-state index contributed by atoms with van der Waals surface area (Å²) in [5, 5.41) is 1.20. The van der Waals surface area contributed by atoms with Crippen LogP contribution >= 0.6 is 0 Å². The van der Waals surface area contributed by atoms with Crippen molar-refractivity contribution in [2.75, 3.05) is 0 Å². The number of ether oxygens (including phenoxy) is 1. The van der Waals surface area contributed by atoms with Gasteiger partial charge in [0.15, 0.2) is 0 Å². The van der Waals surface area contributed by atoms with E-state index in [1.807, 2.05) is 30.3 Å². The number of nitrogens with zero attached hydrogens (tertiary/aromatic N) is 1. The first kappa shape index (κ1) is 18.3. The van der Waals surface area contributed by atoms with Gasteiger partial charge in [-0.1, -0.05) is 60.7 Å². The van der Waals surface area contributed by atoms with Crippen LogP contribution in [-0.2, 0) is 11.2 Å². The highest BCUT2D eigenvalue weighted by Gasteiger charge is 2.24. The van der Waals surface area contributed by atoms with Crippen molar-refractivity contribution in [2.24, 2.45) is 0 Å². The number of fused-ring (bicyclic) bond motifs is 2. The molecule has 0 unspecified atom stereocenters. The molecule has 4 aromatic rings. The third kappa shape index (κ3) is 3.39. The van der Waals surface area contributed by atoms with Crippen LogP contribution in [0.5, 0.6) is 5.75 Å². The van der Waals surface area contributed by atoms with Gasteiger partial charge >= 0.3 is 5.97 Å². The van der Waals surface area contributed by atoms with Crippen LogP contribution in [0.2, 0.25) is 0 Å². The second-order valence-electron chi connectivity index (χ2n) is 7.53. The quantitative estimate of drug-likeness (QED) is 0.303. The van der Waals surface area contributed by atoms with E-state index in [0.29, 0.717) is 5.75 Å². The Labute approximate surface area is 175 Å². The van der Waals surface area contributed by atoms with E-state index in [9.17, 15) is 4.79 Å². The maximum atomic E-state index is 11.1. The summed E-state index contributed by atoms with van der Waals surface area (Å²) in [5.74, 6) is 0.252. The number of pyridine rings is 1. The first-order valence-corrected chi connectivity index (χ1v) is 10.2. The van der Waals surface area contributed by atoms with Crippen molar-refractivity contribution in [3.63, 3.8) is 0 Å². The number of allylic oxidation sites excluding steroid dienone is 1. The molecule has 3 heteroatoms. The minimum absolute atomic E-state index is 0.310. The molecule has 3 nitrogen and oxygen atoms in total. The van der Waals surface area contributed by atoms with E-state index in [4.69, 9.17) is 9.72 Å². The van der Waals surface area contributed by atoms with Crippen molar-refractivity contribution in [1.29, 1.82) is 0 Å². The van der Waals surface area contributed by atoms with Crippen LogP contribution in [0.25, 0.3) is 33.7 Å². The standard InChI is InChI=1S/C27H21NO2/c1-18(29)30-22-14-11-19(12-15-22)17-21-13-16-24-26(20-7-3-2-4-8-20)23-9-5-6-10-25(23)28-27(21)24/h2-12,14-15,17H,13,16H2,1H3. The lowest BCUT2D eigenvalue weighted by molar-refractivity contribution is -0.131. The van der Waals surface area contributed by atoms with Crippen molar-refractivity contribution >= 4 is 28.5 Å². The molecule has 0 saturated heterocycles. The van der Waals surface area contributed by atoms with Gasteiger partial charge in [0, 0.05) is 12.3 Å². The van der Waals surface area contributed by atoms with Gasteiger partial charge in [0.1, 0.15) is 5.75 Å². The molecule has 0 bridgehead atoms. The molecule has 30 heavy (non-hydrogen) atoms. The van der Waals surface area contributed by atoms with E-state index >= 15 is 0 Å². The summed E-state index contributed by atoms with van der Waals surface area (Å²) in [4.78, 5) is 16.2. The van der Waals surface area contributed by atoms with Crippen molar-refractivity contribution < 1.29 is 9.53 Å². The zero-order valence-corrected chi connectivity index (χ0v) is 16.8. The second-order valence-corrected chi connectivity index (χ2v) is 7.53. The number of esters is 1.